The Balaban J connectivity index is 1.81. The normalized spacial score (nSPS) is 10.9. The van der Waals surface area contributed by atoms with Gasteiger partial charge in [0.1, 0.15) is 5.82 Å². The van der Waals surface area contributed by atoms with E-state index < -0.39 is 21.9 Å². The van der Waals surface area contributed by atoms with E-state index in [0.29, 0.717) is 0 Å². The fourth-order valence-corrected chi connectivity index (χ4v) is 3.41. The zero-order valence-corrected chi connectivity index (χ0v) is 15.2. The van der Waals surface area contributed by atoms with Crippen LogP contribution in [0.25, 0.3) is 0 Å². The van der Waals surface area contributed by atoms with E-state index in [1.807, 2.05) is 0 Å². The zero-order valence-electron chi connectivity index (χ0n) is 14.4. The highest BCUT2D eigenvalue weighted by Crippen LogP contribution is 2.17. The number of aromatic nitrogens is 1. The molecular formula is C19H15N3O5S. The summed E-state index contributed by atoms with van der Waals surface area (Å²) in [6, 6.07) is 16.0. The molecule has 9 heteroatoms. The van der Waals surface area contributed by atoms with Crippen LogP contribution in [0, 0.1) is 0 Å². The Kier molecular flexibility index (Phi) is 5.37. The highest BCUT2D eigenvalue weighted by Gasteiger charge is 2.17. The minimum absolute atomic E-state index is 0.0219. The van der Waals surface area contributed by atoms with Crippen molar-refractivity contribution in [2.45, 2.75) is 4.90 Å². The molecule has 1 aromatic heterocycles. The molecule has 2 aromatic carbocycles. The number of amides is 1. The summed E-state index contributed by atoms with van der Waals surface area (Å²) in [4.78, 5) is 27.3. The molecule has 3 N–H and O–H groups in total. The molecule has 8 nitrogen and oxygen atoms in total. The summed E-state index contributed by atoms with van der Waals surface area (Å²) in [6.07, 6.45) is 1.45. The van der Waals surface area contributed by atoms with E-state index in [4.69, 9.17) is 5.11 Å². The Morgan fingerprint density at radius 1 is 0.893 bits per heavy atom. The van der Waals surface area contributed by atoms with Gasteiger partial charge in [0.25, 0.3) is 15.9 Å². The highest BCUT2D eigenvalue weighted by molar-refractivity contribution is 7.92. The molecule has 0 bridgehead atoms. The Morgan fingerprint density at radius 2 is 1.64 bits per heavy atom. The van der Waals surface area contributed by atoms with Crippen LogP contribution in [-0.2, 0) is 10.0 Å². The van der Waals surface area contributed by atoms with Crippen LogP contribution >= 0.6 is 0 Å². The number of hydrogen-bond acceptors (Lipinski definition) is 5. The van der Waals surface area contributed by atoms with Crippen LogP contribution in [0.5, 0.6) is 0 Å². The van der Waals surface area contributed by atoms with E-state index in [1.54, 1.807) is 12.1 Å². The Hall–Kier alpha value is -3.72. The molecule has 3 aromatic rings. The van der Waals surface area contributed by atoms with Gasteiger partial charge in [-0.25, -0.2) is 18.2 Å². The number of carbonyl (C=O) groups is 2. The number of anilines is 2. The number of sulfonamides is 1. The van der Waals surface area contributed by atoms with E-state index in [-0.39, 0.29) is 27.5 Å². The molecule has 0 spiro atoms. The Bertz CT molecular complexity index is 1130. The van der Waals surface area contributed by atoms with E-state index >= 15 is 0 Å². The topological polar surface area (TPSA) is 125 Å². The molecule has 1 amide bonds. The first-order chi connectivity index (χ1) is 13.3. The van der Waals surface area contributed by atoms with Crippen molar-refractivity contribution in [2.75, 3.05) is 10.0 Å². The number of carbonyl (C=O) groups excluding carboxylic acids is 1. The summed E-state index contributed by atoms with van der Waals surface area (Å²) in [5, 5.41) is 11.6. The van der Waals surface area contributed by atoms with Gasteiger partial charge in [-0.2, -0.15) is 0 Å². The lowest BCUT2D eigenvalue weighted by atomic mass is 10.2. The van der Waals surface area contributed by atoms with Gasteiger partial charge in [-0.1, -0.05) is 18.2 Å². The first kappa shape index (κ1) is 19.1. The van der Waals surface area contributed by atoms with Crippen molar-refractivity contribution in [3.8, 4) is 0 Å². The maximum atomic E-state index is 12.5. The monoisotopic (exact) mass is 397 g/mol. The van der Waals surface area contributed by atoms with Gasteiger partial charge in [-0.3, -0.25) is 9.52 Å². The van der Waals surface area contributed by atoms with Crippen molar-refractivity contribution in [3.05, 3.63) is 84.1 Å². The van der Waals surface area contributed by atoms with Crippen LogP contribution < -0.4 is 10.0 Å². The summed E-state index contributed by atoms with van der Waals surface area (Å²) >= 11 is 0. The van der Waals surface area contributed by atoms with Gasteiger partial charge >= 0.3 is 5.97 Å². The number of carboxylic acids is 1. The number of aromatic carboxylic acids is 1. The summed E-state index contributed by atoms with van der Waals surface area (Å²) in [5.74, 6) is -1.54. The Labute approximate surface area is 160 Å². The van der Waals surface area contributed by atoms with Gasteiger partial charge in [0.2, 0.25) is 0 Å². The van der Waals surface area contributed by atoms with Crippen molar-refractivity contribution in [1.82, 2.24) is 4.98 Å². The first-order valence-electron chi connectivity index (χ1n) is 8.04. The van der Waals surface area contributed by atoms with Gasteiger partial charge in [-0.05, 0) is 48.5 Å². The van der Waals surface area contributed by atoms with Crippen LogP contribution in [0.3, 0.4) is 0 Å². The van der Waals surface area contributed by atoms with E-state index in [2.05, 4.69) is 15.0 Å². The molecule has 0 aliphatic heterocycles. The second-order valence-corrected chi connectivity index (χ2v) is 7.37. The fourth-order valence-electron chi connectivity index (χ4n) is 2.36. The third-order valence-corrected chi connectivity index (χ3v) is 5.03. The third kappa shape index (κ3) is 4.51. The van der Waals surface area contributed by atoms with Crippen LogP contribution in [0.15, 0.2) is 77.8 Å². The molecule has 142 valence electrons. The number of pyridine rings is 1. The molecule has 0 atom stereocenters. The molecule has 3 rings (SSSR count). The smallest absolute Gasteiger partial charge is 0.335 e. The average Bonchev–Trinajstić information content (AvgIpc) is 2.68. The van der Waals surface area contributed by atoms with Crippen LogP contribution in [0.2, 0.25) is 0 Å². The van der Waals surface area contributed by atoms with Gasteiger partial charge in [0.05, 0.1) is 10.5 Å². The summed E-state index contributed by atoms with van der Waals surface area (Å²) in [6.45, 7) is 0. The minimum atomic E-state index is -3.93. The van der Waals surface area contributed by atoms with Gasteiger partial charge in [0.15, 0.2) is 0 Å². The van der Waals surface area contributed by atoms with Crippen LogP contribution in [0.4, 0.5) is 11.5 Å². The molecule has 0 fully saturated rings. The average molecular weight is 397 g/mol. The molecule has 28 heavy (non-hydrogen) atoms. The van der Waals surface area contributed by atoms with E-state index in [0.717, 1.165) is 0 Å². The van der Waals surface area contributed by atoms with Crippen molar-refractivity contribution in [1.29, 1.82) is 0 Å². The van der Waals surface area contributed by atoms with Gasteiger partial charge in [0, 0.05) is 17.4 Å². The molecule has 0 radical (unpaired) electrons. The quantitative estimate of drug-likeness (QED) is 0.587. The Morgan fingerprint density at radius 3 is 2.36 bits per heavy atom. The minimum Gasteiger partial charge on any atom is -0.478 e. The van der Waals surface area contributed by atoms with Crippen molar-refractivity contribution in [2.24, 2.45) is 0 Å². The maximum absolute atomic E-state index is 12.5. The third-order valence-electron chi connectivity index (χ3n) is 3.68. The summed E-state index contributed by atoms with van der Waals surface area (Å²) in [5.41, 5.74) is 0.406. The number of carboxylic acid groups (broad SMARTS) is 1. The van der Waals surface area contributed by atoms with Gasteiger partial charge < -0.3 is 10.4 Å². The largest absolute Gasteiger partial charge is 0.478 e. The lowest BCUT2D eigenvalue weighted by Gasteiger charge is -2.09. The predicted molar refractivity (Wildman–Crippen MR) is 103 cm³/mol. The van der Waals surface area contributed by atoms with Crippen LogP contribution in [0.1, 0.15) is 20.7 Å². The number of rotatable bonds is 6. The fraction of sp³-hybridized carbons (Fsp3) is 0. The van der Waals surface area contributed by atoms with Gasteiger partial charge in [-0.15, -0.1) is 0 Å². The van der Waals surface area contributed by atoms with Crippen molar-refractivity contribution in [3.63, 3.8) is 0 Å². The molecule has 0 aliphatic rings. The van der Waals surface area contributed by atoms with E-state index in [9.17, 15) is 18.0 Å². The van der Waals surface area contributed by atoms with Crippen molar-refractivity contribution < 1.29 is 23.1 Å². The lowest BCUT2D eigenvalue weighted by Crippen LogP contribution is -2.16. The number of nitrogens with zero attached hydrogens (tertiary/aromatic N) is 1. The molecule has 0 unspecified atom stereocenters. The zero-order chi connectivity index (χ0) is 20.1. The second-order valence-electron chi connectivity index (χ2n) is 5.69. The van der Waals surface area contributed by atoms with E-state index in [1.165, 1.54) is 60.8 Å². The standard InChI is InChI=1S/C19H15N3O5S/c23-18(21-15-7-3-6-14(11-15)19(24)25)13-5-4-8-16(12-13)28(26,27)22-17-9-1-2-10-20-17/h1-12H,(H,20,22)(H,21,23)(H,24,25). The summed E-state index contributed by atoms with van der Waals surface area (Å²) < 4.78 is 27.3. The number of hydrogen-bond donors (Lipinski definition) is 3. The highest BCUT2D eigenvalue weighted by atomic mass is 32.2. The predicted octanol–water partition coefficient (Wildman–Crippen LogP) is 2.83. The first-order valence-corrected chi connectivity index (χ1v) is 9.52. The lowest BCUT2D eigenvalue weighted by molar-refractivity contribution is 0.0696. The SMILES string of the molecule is O=C(O)c1cccc(NC(=O)c2cccc(S(=O)(=O)Nc3ccccn3)c2)c1. The molecule has 0 saturated carbocycles. The van der Waals surface area contributed by atoms with Crippen molar-refractivity contribution >= 4 is 33.4 Å². The molecule has 0 aliphatic carbocycles. The maximum Gasteiger partial charge on any atom is 0.335 e. The number of nitrogens with one attached hydrogen (secondary N) is 2. The number of benzene rings is 2. The summed E-state index contributed by atoms with van der Waals surface area (Å²) in [7, 11) is -3.93. The molecule has 1 heterocycles. The molecular weight excluding hydrogens is 382 g/mol. The molecule has 0 saturated heterocycles. The second kappa shape index (κ2) is 7.89. The van der Waals surface area contributed by atoms with Crippen LogP contribution in [-0.4, -0.2) is 30.4 Å².